The first kappa shape index (κ1) is 13.5. The van der Waals surface area contributed by atoms with Crippen LogP contribution in [0.1, 0.15) is 31.9 Å². The average molecular weight is 270 g/mol. The molecular formula is C14H20ClNO2. The number of rotatable bonds is 3. The normalized spacial score (nSPS) is 14.7. The van der Waals surface area contributed by atoms with Gasteiger partial charge in [-0.05, 0) is 43.9 Å². The second kappa shape index (κ2) is 4.98. The summed E-state index contributed by atoms with van der Waals surface area (Å²) in [6.07, 6.45) is 1.63. The molecule has 1 aromatic carbocycles. The lowest BCUT2D eigenvalue weighted by atomic mass is 9.91. The van der Waals surface area contributed by atoms with Crippen molar-refractivity contribution in [2.75, 3.05) is 13.2 Å². The Kier molecular flexibility index (Phi) is 3.74. The van der Waals surface area contributed by atoms with Crippen molar-refractivity contribution in [3.8, 4) is 11.5 Å². The molecule has 100 valence electrons. The zero-order valence-corrected chi connectivity index (χ0v) is 11.9. The zero-order chi connectivity index (χ0) is 13.3. The lowest BCUT2D eigenvalue weighted by molar-refractivity contribution is 0.171. The standard InChI is InChI=1S/C14H20ClNO2/c1-4-10-9(8-14(2,3)16)7-11-13(12(10)15)18-6-5-17-11/h7H,4-6,8,16H2,1-3H3. The fraction of sp³-hybridized carbons (Fsp3) is 0.571. The highest BCUT2D eigenvalue weighted by atomic mass is 35.5. The number of nitrogens with two attached hydrogens (primary N) is 1. The highest BCUT2D eigenvalue weighted by Gasteiger charge is 2.23. The third kappa shape index (κ3) is 2.73. The van der Waals surface area contributed by atoms with Gasteiger partial charge in [0.2, 0.25) is 0 Å². The first-order valence-electron chi connectivity index (χ1n) is 6.31. The van der Waals surface area contributed by atoms with Crippen molar-refractivity contribution in [1.29, 1.82) is 0 Å². The number of hydrogen-bond acceptors (Lipinski definition) is 3. The molecule has 0 fully saturated rings. The third-order valence-corrected chi connectivity index (χ3v) is 3.37. The Labute approximate surface area is 113 Å². The molecule has 0 bridgehead atoms. The van der Waals surface area contributed by atoms with Gasteiger partial charge in [-0.1, -0.05) is 18.5 Å². The molecular weight excluding hydrogens is 250 g/mol. The Morgan fingerprint density at radius 3 is 2.61 bits per heavy atom. The number of halogens is 1. The molecule has 2 N–H and O–H groups in total. The molecule has 0 aromatic heterocycles. The first-order valence-corrected chi connectivity index (χ1v) is 6.69. The molecule has 4 heteroatoms. The summed E-state index contributed by atoms with van der Waals surface area (Å²) in [5.41, 5.74) is 8.10. The first-order chi connectivity index (χ1) is 8.42. The van der Waals surface area contributed by atoms with Gasteiger partial charge in [-0.3, -0.25) is 0 Å². The Morgan fingerprint density at radius 2 is 2.00 bits per heavy atom. The number of hydrogen-bond donors (Lipinski definition) is 1. The van der Waals surface area contributed by atoms with Crippen LogP contribution in [0.15, 0.2) is 6.07 Å². The van der Waals surface area contributed by atoms with E-state index >= 15 is 0 Å². The van der Waals surface area contributed by atoms with Crippen molar-refractivity contribution >= 4 is 11.6 Å². The molecule has 3 nitrogen and oxygen atoms in total. The van der Waals surface area contributed by atoms with Crippen LogP contribution in [-0.4, -0.2) is 18.8 Å². The molecule has 1 aliphatic heterocycles. The summed E-state index contributed by atoms with van der Waals surface area (Å²) in [4.78, 5) is 0. The van der Waals surface area contributed by atoms with Gasteiger partial charge in [-0.25, -0.2) is 0 Å². The number of benzene rings is 1. The summed E-state index contributed by atoms with van der Waals surface area (Å²) in [6.45, 7) is 7.23. The highest BCUT2D eigenvalue weighted by Crippen LogP contribution is 2.42. The maximum absolute atomic E-state index is 6.42. The van der Waals surface area contributed by atoms with Gasteiger partial charge in [0.15, 0.2) is 11.5 Å². The van der Waals surface area contributed by atoms with Gasteiger partial charge < -0.3 is 15.2 Å². The molecule has 18 heavy (non-hydrogen) atoms. The molecule has 0 atom stereocenters. The van der Waals surface area contributed by atoms with Crippen LogP contribution < -0.4 is 15.2 Å². The van der Waals surface area contributed by atoms with E-state index in [0.29, 0.717) is 24.0 Å². The molecule has 1 aromatic rings. The lowest BCUT2D eigenvalue weighted by Gasteiger charge is -2.25. The Hall–Kier alpha value is -0.930. The minimum atomic E-state index is -0.267. The van der Waals surface area contributed by atoms with E-state index in [1.165, 1.54) is 0 Å². The summed E-state index contributed by atoms with van der Waals surface area (Å²) >= 11 is 6.42. The van der Waals surface area contributed by atoms with E-state index in [1.54, 1.807) is 0 Å². The van der Waals surface area contributed by atoms with Crippen LogP contribution in [0.2, 0.25) is 5.02 Å². The molecule has 0 spiro atoms. The van der Waals surface area contributed by atoms with Gasteiger partial charge >= 0.3 is 0 Å². The van der Waals surface area contributed by atoms with Gasteiger partial charge in [0, 0.05) is 5.54 Å². The second-order valence-electron chi connectivity index (χ2n) is 5.37. The molecule has 2 rings (SSSR count). The summed E-state index contributed by atoms with van der Waals surface area (Å²) in [5.74, 6) is 1.42. The number of ether oxygens (including phenoxy) is 2. The van der Waals surface area contributed by atoms with E-state index in [2.05, 4.69) is 6.92 Å². The van der Waals surface area contributed by atoms with Crippen molar-refractivity contribution in [3.05, 3.63) is 22.2 Å². The van der Waals surface area contributed by atoms with Crippen LogP contribution in [0.5, 0.6) is 11.5 Å². The Bertz CT molecular complexity index is 452. The Balaban J connectivity index is 2.48. The van der Waals surface area contributed by atoms with E-state index in [4.69, 9.17) is 26.8 Å². The van der Waals surface area contributed by atoms with Gasteiger partial charge in [-0.15, -0.1) is 0 Å². The van der Waals surface area contributed by atoms with Crippen molar-refractivity contribution in [1.82, 2.24) is 0 Å². The van der Waals surface area contributed by atoms with Gasteiger partial charge in [0.1, 0.15) is 13.2 Å². The zero-order valence-electron chi connectivity index (χ0n) is 11.2. The molecule has 0 amide bonds. The van der Waals surface area contributed by atoms with E-state index in [9.17, 15) is 0 Å². The number of fused-ring (bicyclic) bond motifs is 1. The van der Waals surface area contributed by atoms with E-state index in [0.717, 1.165) is 29.7 Å². The maximum atomic E-state index is 6.42. The minimum Gasteiger partial charge on any atom is -0.486 e. The molecule has 0 saturated heterocycles. The van der Waals surface area contributed by atoms with E-state index in [1.807, 2.05) is 19.9 Å². The highest BCUT2D eigenvalue weighted by molar-refractivity contribution is 6.33. The van der Waals surface area contributed by atoms with Crippen LogP contribution in [0.4, 0.5) is 0 Å². The monoisotopic (exact) mass is 269 g/mol. The quantitative estimate of drug-likeness (QED) is 0.918. The van der Waals surface area contributed by atoms with Crippen LogP contribution in [0.3, 0.4) is 0 Å². The summed E-state index contributed by atoms with van der Waals surface area (Å²) in [5, 5.41) is 0.675. The molecule has 0 aliphatic carbocycles. The average Bonchev–Trinajstić information content (AvgIpc) is 2.27. The predicted molar refractivity (Wildman–Crippen MR) is 73.8 cm³/mol. The fourth-order valence-corrected chi connectivity index (χ4v) is 2.67. The predicted octanol–water partition coefficient (Wildman–Crippen LogP) is 2.95. The van der Waals surface area contributed by atoms with Crippen molar-refractivity contribution < 1.29 is 9.47 Å². The maximum Gasteiger partial charge on any atom is 0.180 e. The van der Waals surface area contributed by atoms with E-state index < -0.39 is 0 Å². The second-order valence-corrected chi connectivity index (χ2v) is 5.75. The van der Waals surface area contributed by atoms with Gasteiger partial charge in [0.25, 0.3) is 0 Å². The molecule has 1 heterocycles. The van der Waals surface area contributed by atoms with Crippen molar-refractivity contribution in [3.63, 3.8) is 0 Å². The van der Waals surface area contributed by atoms with Crippen LogP contribution in [-0.2, 0) is 12.8 Å². The summed E-state index contributed by atoms with van der Waals surface area (Å²) < 4.78 is 11.2. The third-order valence-electron chi connectivity index (χ3n) is 2.97. The molecule has 0 radical (unpaired) electrons. The topological polar surface area (TPSA) is 44.5 Å². The summed E-state index contributed by atoms with van der Waals surface area (Å²) in [7, 11) is 0. The smallest absolute Gasteiger partial charge is 0.180 e. The van der Waals surface area contributed by atoms with Crippen LogP contribution >= 0.6 is 11.6 Å². The van der Waals surface area contributed by atoms with Crippen LogP contribution in [0, 0.1) is 0 Å². The van der Waals surface area contributed by atoms with Crippen molar-refractivity contribution in [2.45, 2.75) is 39.2 Å². The largest absolute Gasteiger partial charge is 0.486 e. The van der Waals surface area contributed by atoms with E-state index in [-0.39, 0.29) is 5.54 Å². The minimum absolute atomic E-state index is 0.267. The van der Waals surface area contributed by atoms with Gasteiger partial charge in [-0.2, -0.15) is 0 Å². The molecule has 1 aliphatic rings. The Morgan fingerprint density at radius 1 is 1.33 bits per heavy atom. The van der Waals surface area contributed by atoms with Crippen LogP contribution in [0.25, 0.3) is 0 Å². The SMILES string of the molecule is CCc1c(CC(C)(C)N)cc2c(c1Cl)OCCO2. The fourth-order valence-electron chi connectivity index (χ4n) is 2.26. The molecule has 0 saturated carbocycles. The molecule has 0 unspecified atom stereocenters. The van der Waals surface area contributed by atoms with Gasteiger partial charge in [0.05, 0.1) is 5.02 Å². The lowest BCUT2D eigenvalue weighted by Crippen LogP contribution is -2.34. The van der Waals surface area contributed by atoms with Crippen molar-refractivity contribution in [2.24, 2.45) is 5.73 Å². The summed E-state index contributed by atoms with van der Waals surface area (Å²) in [6, 6.07) is 2.02.